The first kappa shape index (κ1) is 24.7. The van der Waals surface area contributed by atoms with Crippen LogP contribution in [0.4, 0.5) is 5.82 Å². The lowest BCUT2D eigenvalue weighted by Gasteiger charge is -2.17. The van der Waals surface area contributed by atoms with Crippen LogP contribution in [0.3, 0.4) is 0 Å². The monoisotopic (exact) mass is 514 g/mol. The molecule has 1 saturated heterocycles. The van der Waals surface area contributed by atoms with Gasteiger partial charge in [-0.15, -0.1) is 5.10 Å². The summed E-state index contributed by atoms with van der Waals surface area (Å²) in [5, 5.41) is 38.8. The Morgan fingerprint density at radius 3 is 2.84 bits per heavy atom. The number of likely N-dealkylation sites (N-methyl/N-ethyl adjacent to an activating group) is 1. The number of rotatable bonds is 9. The van der Waals surface area contributed by atoms with E-state index in [1.54, 1.807) is 19.4 Å². The van der Waals surface area contributed by atoms with E-state index in [1.807, 2.05) is 6.92 Å². The van der Waals surface area contributed by atoms with E-state index in [0.717, 1.165) is 5.69 Å². The number of aryl methyl sites for hydroxylation is 1. The van der Waals surface area contributed by atoms with Crippen molar-refractivity contribution in [1.82, 2.24) is 45.0 Å². The van der Waals surface area contributed by atoms with Gasteiger partial charge in [-0.1, -0.05) is 10.4 Å². The van der Waals surface area contributed by atoms with Crippen LogP contribution in [0.15, 0.2) is 23.1 Å². The Hall–Kier alpha value is -3.99. The maximum atomic E-state index is 12.1. The molecule has 0 radical (unpaired) electrons. The van der Waals surface area contributed by atoms with Crippen molar-refractivity contribution >= 4 is 22.9 Å². The minimum atomic E-state index is -1.45. The third-order valence-corrected chi connectivity index (χ3v) is 5.84. The molecule has 196 valence electrons. The Labute approximate surface area is 209 Å². The zero-order valence-corrected chi connectivity index (χ0v) is 20.3. The van der Waals surface area contributed by atoms with E-state index in [0.29, 0.717) is 35.8 Å². The van der Waals surface area contributed by atoms with Gasteiger partial charge in [0.2, 0.25) is 0 Å². The Kier molecular flexibility index (Phi) is 6.79. The Balaban J connectivity index is 1.54. The molecule has 1 fully saturated rings. The number of imidazole rings is 1. The predicted molar refractivity (Wildman–Crippen MR) is 124 cm³/mol. The summed E-state index contributed by atoms with van der Waals surface area (Å²) in [7, 11) is 3.01. The van der Waals surface area contributed by atoms with Crippen LogP contribution in [0.25, 0.3) is 17.1 Å². The van der Waals surface area contributed by atoms with Crippen LogP contribution in [-0.2, 0) is 27.2 Å². The number of amides is 1. The molecule has 1 amide bonds. The smallest absolute Gasteiger partial charge is 0.256 e. The summed E-state index contributed by atoms with van der Waals surface area (Å²) in [4.78, 5) is 25.7. The Morgan fingerprint density at radius 2 is 2.11 bits per heavy atom. The number of aromatic nitrogens is 8. The lowest BCUT2D eigenvalue weighted by atomic mass is 10.1. The molecule has 0 saturated carbocycles. The van der Waals surface area contributed by atoms with Crippen molar-refractivity contribution in [3.8, 4) is 5.95 Å². The maximum Gasteiger partial charge on any atom is 0.256 e. The quantitative estimate of drug-likeness (QED) is 0.209. The summed E-state index contributed by atoms with van der Waals surface area (Å²) < 4.78 is 18.9. The van der Waals surface area contributed by atoms with Gasteiger partial charge in [-0.3, -0.25) is 9.36 Å². The first-order chi connectivity index (χ1) is 17.9. The van der Waals surface area contributed by atoms with Gasteiger partial charge in [0.1, 0.15) is 12.2 Å². The number of carbonyl (C=O) groups is 1. The zero-order valence-electron chi connectivity index (χ0n) is 20.3. The normalized spacial score (nSPS) is 21.5. The fourth-order valence-corrected chi connectivity index (χ4v) is 3.95. The number of nitrogens with zero attached hydrogens (tertiary/aromatic N) is 8. The van der Waals surface area contributed by atoms with Gasteiger partial charge in [0.15, 0.2) is 35.1 Å². The molecule has 1 aliphatic rings. The largest absolute Gasteiger partial charge is 0.387 e. The van der Waals surface area contributed by atoms with Crippen LogP contribution >= 0.6 is 0 Å². The zero-order chi connectivity index (χ0) is 26.1. The van der Waals surface area contributed by atoms with Crippen molar-refractivity contribution in [1.29, 1.82) is 0 Å². The van der Waals surface area contributed by atoms with E-state index in [1.165, 1.54) is 22.6 Å². The van der Waals surface area contributed by atoms with Crippen LogP contribution in [0.1, 0.15) is 23.4 Å². The van der Waals surface area contributed by atoms with Crippen molar-refractivity contribution in [2.24, 2.45) is 0 Å². The SMILES string of the molecule is CNC(=O)C1OC(n2cnc3c(NCc4cc(C)no4)nc(-n4cc(CCOC)nn4)nc32)[C@H](O)[C@@H]1O. The molecule has 0 spiro atoms. The molecule has 5 rings (SSSR count). The number of aliphatic hydroxyl groups excluding tert-OH is 2. The summed E-state index contributed by atoms with van der Waals surface area (Å²) in [6, 6.07) is 1.79. The molecule has 4 N–H and O–H groups in total. The van der Waals surface area contributed by atoms with Crippen molar-refractivity contribution < 1.29 is 29.0 Å². The number of fused-ring (bicyclic) bond motifs is 1. The second kappa shape index (κ2) is 10.2. The van der Waals surface area contributed by atoms with E-state index in [9.17, 15) is 15.0 Å². The highest BCUT2D eigenvalue weighted by Crippen LogP contribution is 2.33. The Bertz CT molecular complexity index is 1400. The number of hydrogen-bond donors (Lipinski definition) is 4. The summed E-state index contributed by atoms with van der Waals surface area (Å²) in [5.41, 5.74) is 2.03. The fourth-order valence-electron chi connectivity index (χ4n) is 3.95. The van der Waals surface area contributed by atoms with Crippen LogP contribution in [0.2, 0.25) is 0 Å². The second-order valence-corrected chi connectivity index (χ2v) is 8.42. The third-order valence-electron chi connectivity index (χ3n) is 5.84. The van der Waals surface area contributed by atoms with E-state index in [2.05, 4.69) is 41.1 Å². The predicted octanol–water partition coefficient (Wildman–Crippen LogP) is -1.13. The topological polar surface area (TPSA) is 200 Å². The molecule has 16 nitrogen and oxygen atoms in total. The molecule has 4 atom stereocenters. The molecule has 5 heterocycles. The van der Waals surface area contributed by atoms with Gasteiger partial charge in [0, 0.05) is 26.6 Å². The number of methoxy groups -OCH3 is 1. The average molecular weight is 515 g/mol. The van der Waals surface area contributed by atoms with Crippen LogP contribution in [0.5, 0.6) is 0 Å². The maximum absolute atomic E-state index is 12.1. The summed E-state index contributed by atoms with van der Waals surface area (Å²) in [6.07, 6.45) is -1.65. The number of ether oxygens (including phenoxy) is 2. The highest BCUT2D eigenvalue weighted by atomic mass is 16.6. The number of carbonyl (C=O) groups excluding carboxylic acids is 1. The molecular weight excluding hydrogens is 488 g/mol. The minimum Gasteiger partial charge on any atom is -0.387 e. The first-order valence-electron chi connectivity index (χ1n) is 11.4. The number of anilines is 1. The molecule has 0 aromatic carbocycles. The summed E-state index contributed by atoms with van der Waals surface area (Å²) >= 11 is 0. The molecule has 4 aromatic heterocycles. The summed E-state index contributed by atoms with van der Waals surface area (Å²) in [5.74, 6) is 0.527. The standard InChI is InChI=1S/C21H26N10O6/c1-10-6-12(37-28-10)7-23-17-13-18(26-21(25-17)31-8-11(27-29-31)4-5-35-3)30(9-24-13)20-15(33)14(32)16(36-20)19(34)22-2/h6,8-9,14-16,20,32-33H,4-5,7H2,1-3H3,(H,22,34)(H,23,25,26)/t14-,15+,16?,20?/m0/s1. The van der Waals surface area contributed by atoms with Crippen molar-refractivity contribution in [3.63, 3.8) is 0 Å². The molecule has 0 aliphatic carbocycles. The molecule has 4 aromatic rings. The lowest BCUT2D eigenvalue weighted by molar-refractivity contribution is -0.137. The van der Waals surface area contributed by atoms with Gasteiger partial charge < -0.3 is 34.8 Å². The van der Waals surface area contributed by atoms with Crippen molar-refractivity contribution in [3.05, 3.63) is 35.7 Å². The van der Waals surface area contributed by atoms with Gasteiger partial charge in [0.25, 0.3) is 11.9 Å². The molecule has 2 unspecified atom stereocenters. The van der Waals surface area contributed by atoms with Gasteiger partial charge in [-0.2, -0.15) is 14.6 Å². The Morgan fingerprint density at radius 1 is 1.27 bits per heavy atom. The van der Waals surface area contributed by atoms with E-state index in [-0.39, 0.29) is 18.1 Å². The number of hydrogen-bond acceptors (Lipinski definition) is 13. The fraction of sp³-hybridized carbons (Fsp3) is 0.476. The van der Waals surface area contributed by atoms with Crippen LogP contribution < -0.4 is 10.6 Å². The number of aliphatic hydroxyl groups is 2. The third kappa shape index (κ3) is 4.74. The minimum absolute atomic E-state index is 0.164. The van der Waals surface area contributed by atoms with Gasteiger partial charge in [-0.05, 0) is 6.92 Å². The highest BCUT2D eigenvalue weighted by molar-refractivity contribution is 5.84. The summed E-state index contributed by atoms with van der Waals surface area (Å²) in [6.45, 7) is 2.55. The molecule has 0 bridgehead atoms. The molecule has 1 aliphatic heterocycles. The average Bonchev–Trinajstić information content (AvgIpc) is 3.69. The molecule has 16 heteroatoms. The van der Waals surface area contributed by atoms with E-state index < -0.39 is 30.4 Å². The van der Waals surface area contributed by atoms with E-state index in [4.69, 9.17) is 14.0 Å². The van der Waals surface area contributed by atoms with Crippen LogP contribution in [0, 0.1) is 6.92 Å². The van der Waals surface area contributed by atoms with Crippen LogP contribution in [-0.4, -0.2) is 94.9 Å². The molecule has 37 heavy (non-hydrogen) atoms. The van der Waals surface area contributed by atoms with Gasteiger partial charge in [-0.25, -0.2) is 4.98 Å². The van der Waals surface area contributed by atoms with Gasteiger partial charge >= 0.3 is 0 Å². The van der Waals surface area contributed by atoms with Crippen molar-refractivity contribution in [2.45, 2.75) is 44.4 Å². The van der Waals surface area contributed by atoms with Crippen molar-refractivity contribution in [2.75, 3.05) is 26.1 Å². The highest BCUT2D eigenvalue weighted by Gasteiger charge is 2.47. The second-order valence-electron chi connectivity index (χ2n) is 8.42. The lowest BCUT2D eigenvalue weighted by Crippen LogP contribution is -2.41. The first-order valence-corrected chi connectivity index (χ1v) is 11.4. The van der Waals surface area contributed by atoms with Gasteiger partial charge in [0.05, 0.1) is 37.1 Å². The molecular formula is C21H26N10O6. The van der Waals surface area contributed by atoms with E-state index >= 15 is 0 Å². The number of nitrogens with one attached hydrogen (secondary N) is 2.